The van der Waals surface area contributed by atoms with Crippen LogP contribution in [0, 0.1) is 22.8 Å². The molecule has 3 aromatic heterocycles. The molecule has 0 saturated heterocycles. The number of nitrogens with zero attached hydrogens (tertiary/aromatic N) is 2. The monoisotopic (exact) mass is 962 g/mol. The summed E-state index contributed by atoms with van der Waals surface area (Å²) in [6.45, 7) is 30.2. The summed E-state index contributed by atoms with van der Waals surface area (Å²) in [6.07, 6.45) is 12.1. The molecule has 3 heterocycles. The third-order valence-electron chi connectivity index (χ3n) is 12.6. The number of aliphatic hydroxyl groups excluding tert-OH is 1. The van der Waals surface area contributed by atoms with Gasteiger partial charge in [-0.05, 0) is 95.7 Å². The second-order valence-electron chi connectivity index (χ2n) is 18.6. The van der Waals surface area contributed by atoms with Crippen LogP contribution in [0.1, 0.15) is 145 Å². The van der Waals surface area contributed by atoms with Crippen molar-refractivity contribution >= 4 is 43.6 Å². The molecule has 0 unspecified atom stereocenters. The molecule has 1 aliphatic carbocycles. The Morgan fingerprint density at radius 3 is 2.18 bits per heavy atom. The van der Waals surface area contributed by atoms with Crippen LogP contribution in [-0.2, 0) is 42.2 Å². The minimum absolute atomic E-state index is 0. The maximum atomic E-state index is 12.2. The van der Waals surface area contributed by atoms with Crippen molar-refractivity contribution in [3.05, 3.63) is 101 Å². The first-order chi connectivity index (χ1) is 26.2. The predicted molar refractivity (Wildman–Crippen MR) is 242 cm³/mol. The van der Waals surface area contributed by atoms with Crippen molar-refractivity contribution in [2.75, 3.05) is 0 Å². The Morgan fingerprint density at radius 1 is 0.930 bits per heavy atom. The summed E-state index contributed by atoms with van der Waals surface area (Å²) in [7, 11) is 0. The van der Waals surface area contributed by atoms with E-state index in [-0.39, 0.29) is 53.3 Å². The van der Waals surface area contributed by atoms with Crippen LogP contribution in [0.25, 0.3) is 48.8 Å². The van der Waals surface area contributed by atoms with Crippen molar-refractivity contribution < 1.29 is 30.0 Å². The first kappa shape index (κ1) is 46.3. The van der Waals surface area contributed by atoms with E-state index in [4.69, 9.17) is 4.98 Å². The Hall–Kier alpha value is -3.44. The summed E-state index contributed by atoms with van der Waals surface area (Å²) in [5, 5.41) is 16.1. The van der Waals surface area contributed by atoms with Crippen LogP contribution in [0.2, 0.25) is 0 Å². The van der Waals surface area contributed by atoms with Crippen LogP contribution < -0.4 is 0 Å². The van der Waals surface area contributed by atoms with Gasteiger partial charge in [-0.1, -0.05) is 131 Å². The largest absolute Gasteiger partial charge is 0.512 e. The van der Waals surface area contributed by atoms with Crippen LogP contribution in [0.3, 0.4) is 0 Å². The van der Waals surface area contributed by atoms with Gasteiger partial charge in [-0.25, -0.2) is 0 Å². The van der Waals surface area contributed by atoms with Gasteiger partial charge in [-0.15, -0.1) is 34.9 Å². The predicted octanol–water partition coefficient (Wildman–Crippen LogP) is 14.8. The maximum absolute atomic E-state index is 12.2. The first-order valence-corrected chi connectivity index (χ1v) is 21.6. The third-order valence-corrected chi connectivity index (χ3v) is 13.5. The number of aromatic nitrogens is 2. The summed E-state index contributed by atoms with van der Waals surface area (Å²) < 4.78 is 1.36. The van der Waals surface area contributed by atoms with Crippen molar-refractivity contribution in [2.45, 2.75) is 140 Å². The maximum Gasteiger partial charge on any atom is 0.164 e. The fraction of sp³-hybridized carbons (Fsp3) is 0.471. The van der Waals surface area contributed by atoms with Crippen molar-refractivity contribution in [1.82, 2.24) is 9.97 Å². The zero-order valence-electron chi connectivity index (χ0n) is 37.0. The van der Waals surface area contributed by atoms with Gasteiger partial charge in [0.1, 0.15) is 5.76 Å². The summed E-state index contributed by atoms with van der Waals surface area (Å²) in [4.78, 5) is 21.9. The summed E-state index contributed by atoms with van der Waals surface area (Å²) in [5.74, 6) is 0.934. The molecule has 0 amide bonds. The van der Waals surface area contributed by atoms with Gasteiger partial charge >= 0.3 is 0 Å². The number of hydrogen-bond acceptors (Lipinski definition) is 5. The summed E-state index contributed by atoms with van der Waals surface area (Å²) in [5.41, 5.74) is 10.3. The van der Waals surface area contributed by atoms with E-state index in [9.17, 15) is 9.90 Å². The summed E-state index contributed by atoms with van der Waals surface area (Å²) >= 11 is 1.86. The molecule has 1 aliphatic rings. The normalized spacial score (nSPS) is 14.3. The Kier molecular flexibility index (Phi) is 14.5. The number of benzene rings is 2. The standard InChI is InChI=1S/C36H37N2S.C15H28O2.Ir/c1-21(2)13-26-20-39-32-16-23(9-10-27(26)32)28-17-31(38-34-33(28)22(3)18-36(34,7)8)25-14-24-11-12-37-19-29(24)30(15-25)35(4,5)6;1-7-14(5,8-2)12(16)11-13(17)15(6,9-3)10-4;/h9-12,15-21H,13H2,1-8H3;11,16H,7-10H2,1-6H3;/q-1;;/b;12-11-;. The number of ketones is 1. The Morgan fingerprint density at radius 2 is 1.58 bits per heavy atom. The Labute approximate surface area is 361 Å². The van der Waals surface area contributed by atoms with E-state index in [0.29, 0.717) is 5.92 Å². The average molecular weight is 962 g/mol. The van der Waals surface area contributed by atoms with Gasteiger partial charge in [0.25, 0.3) is 0 Å². The molecule has 0 fully saturated rings. The molecular weight excluding hydrogens is 897 g/mol. The van der Waals surface area contributed by atoms with Crippen LogP contribution in [0.15, 0.2) is 72.1 Å². The molecule has 6 rings (SSSR count). The zero-order valence-corrected chi connectivity index (χ0v) is 40.2. The fourth-order valence-electron chi connectivity index (χ4n) is 7.87. The van der Waals surface area contributed by atoms with E-state index in [1.54, 1.807) is 0 Å². The van der Waals surface area contributed by atoms with E-state index in [0.717, 1.165) is 59.8 Å². The Balaban J connectivity index is 0.000000341. The minimum atomic E-state index is -0.337. The number of carbonyl (C=O) groups is 1. The van der Waals surface area contributed by atoms with Crippen LogP contribution in [0.5, 0.6) is 0 Å². The first-order valence-electron chi connectivity index (χ1n) is 20.7. The van der Waals surface area contributed by atoms with Crippen molar-refractivity contribution in [3.63, 3.8) is 0 Å². The van der Waals surface area contributed by atoms with Crippen LogP contribution >= 0.6 is 11.3 Å². The van der Waals surface area contributed by atoms with E-state index < -0.39 is 0 Å². The topological polar surface area (TPSA) is 63.1 Å². The van der Waals surface area contributed by atoms with Crippen molar-refractivity contribution in [2.24, 2.45) is 16.7 Å². The molecule has 0 bridgehead atoms. The molecule has 2 aromatic carbocycles. The van der Waals surface area contributed by atoms with E-state index in [1.165, 1.54) is 49.6 Å². The number of carbonyl (C=O) groups excluding carboxylic acids is 1. The third kappa shape index (κ3) is 9.56. The van der Waals surface area contributed by atoms with Gasteiger partial charge in [0, 0.05) is 70.3 Å². The molecule has 0 aliphatic heterocycles. The number of hydrogen-bond donors (Lipinski definition) is 1. The molecule has 6 heteroatoms. The second kappa shape index (κ2) is 17.8. The van der Waals surface area contributed by atoms with Gasteiger partial charge in [0.15, 0.2) is 5.78 Å². The smallest absolute Gasteiger partial charge is 0.164 e. The number of pyridine rings is 2. The van der Waals surface area contributed by atoms with E-state index >= 15 is 0 Å². The molecule has 0 spiro atoms. The molecular formula is C51H65IrN2O2S-. The van der Waals surface area contributed by atoms with Crippen molar-refractivity contribution in [3.8, 4) is 22.4 Å². The number of aliphatic hydroxyl groups is 1. The molecule has 4 nitrogen and oxygen atoms in total. The summed E-state index contributed by atoms with van der Waals surface area (Å²) in [6, 6.07) is 17.4. The molecule has 307 valence electrons. The van der Waals surface area contributed by atoms with Gasteiger partial charge in [0.2, 0.25) is 0 Å². The number of allylic oxidation sites excluding steroid dienone is 4. The number of fused-ring (bicyclic) bond motifs is 3. The minimum Gasteiger partial charge on any atom is -0.512 e. The average Bonchev–Trinajstić information content (AvgIpc) is 3.67. The zero-order chi connectivity index (χ0) is 41.4. The fourth-order valence-corrected chi connectivity index (χ4v) is 8.88. The number of rotatable bonds is 11. The molecule has 5 aromatic rings. The molecule has 1 radical (unpaired) electrons. The van der Waals surface area contributed by atoms with Crippen LogP contribution in [0.4, 0.5) is 0 Å². The van der Waals surface area contributed by atoms with E-state index in [1.807, 2.05) is 65.3 Å². The quantitative estimate of drug-likeness (QED) is 0.0814. The van der Waals surface area contributed by atoms with Gasteiger partial charge in [-0.3, -0.25) is 14.8 Å². The van der Waals surface area contributed by atoms with Crippen LogP contribution in [-0.4, -0.2) is 20.9 Å². The molecule has 1 N–H and O–H groups in total. The van der Waals surface area contributed by atoms with E-state index in [2.05, 4.69) is 114 Å². The molecule has 0 saturated carbocycles. The SMILES string of the molecule is CC1=CC(C)(C)c2nc(-c3[c-]c4ccncc4c(C(C)(C)C)c3)cc(-c3ccc4c(CC(C)C)csc4c3)c21.CCC(C)(CC)C(=O)/C=C(\O)C(C)(CC)CC.[Ir]. The second-order valence-corrected chi connectivity index (χ2v) is 19.5. The van der Waals surface area contributed by atoms with Gasteiger partial charge in [-0.2, -0.15) is 0 Å². The van der Waals surface area contributed by atoms with Gasteiger partial charge in [0.05, 0.1) is 0 Å². The molecule has 57 heavy (non-hydrogen) atoms. The van der Waals surface area contributed by atoms with Crippen molar-refractivity contribution in [1.29, 1.82) is 0 Å². The molecule has 0 atom stereocenters. The Bertz CT molecular complexity index is 2290. The van der Waals surface area contributed by atoms with Gasteiger partial charge < -0.3 is 5.11 Å². The number of thiophene rings is 1.